The van der Waals surface area contributed by atoms with Crippen LogP contribution in [0.1, 0.15) is 31.2 Å². The number of nitrogens with zero attached hydrogens (tertiary/aromatic N) is 3. The number of aromatic nitrogens is 2. The predicted molar refractivity (Wildman–Crippen MR) is 117 cm³/mol. The van der Waals surface area contributed by atoms with E-state index >= 15 is 0 Å². The number of methoxy groups -OCH3 is 2. The minimum absolute atomic E-state index is 0.0173. The number of amides is 1. The lowest BCUT2D eigenvalue weighted by atomic mass is 9.91. The zero-order chi connectivity index (χ0) is 21.5. The largest absolute Gasteiger partial charge is 0.497 e. The van der Waals surface area contributed by atoms with Gasteiger partial charge in [0.2, 0.25) is 11.9 Å². The van der Waals surface area contributed by atoms with Crippen molar-refractivity contribution in [3.63, 3.8) is 0 Å². The van der Waals surface area contributed by atoms with Crippen molar-refractivity contribution >= 4 is 17.7 Å². The fourth-order valence-corrected chi connectivity index (χ4v) is 3.66. The number of hydrogen-bond acceptors (Lipinski definition) is 7. The molecule has 1 aliphatic rings. The van der Waals surface area contributed by atoms with E-state index in [1.54, 1.807) is 26.5 Å². The van der Waals surface area contributed by atoms with Gasteiger partial charge in [-0.1, -0.05) is 0 Å². The lowest BCUT2D eigenvalue weighted by molar-refractivity contribution is -0.121. The molecule has 30 heavy (non-hydrogen) atoms. The highest BCUT2D eigenvalue weighted by Gasteiger charge is 2.23. The van der Waals surface area contributed by atoms with Crippen LogP contribution in [0, 0.1) is 0 Å². The second kappa shape index (κ2) is 10.1. The van der Waals surface area contributed by atoms with Crippen molar-refractivity contribution in [3.05, 3.63) is 36.0 Å². The summed E-state index contributed by atoms with van der Waals surface area (Å²) in [5.74, 6) is 2.92. The first-order chi connectivity index (χ1) is 14.5. The Morgan fingerprint density at radius 2 is 1.70 bits per heavy atom. The van der Waals surface area contributed by atoms with Crippen LogP contribution in [-0.2, 0) is 11.2 Å². The van der Waals surface area contributed by atoms with Crippen molar-refractivity contribution in [1.29, 1.82) is 0 Å². The quantitative estimate of drug-likeness (QED) is 0.688. The van der Waals surface area contributed by atoms with Crippen LogP contribution in [0.4, 0.5) is 11.8 Å². The summed E-state index contributed by atoms with van der Waals surface area (Å²) in [5, 5.41) is 6.59. The van der Waals surface area contributed by atoms with Crippen molar-refractivity contribution in [1.82, 2.24) is 15.3 Å². The third-order valence-electron chi connectivity index (χ3n) is 5.30. The number of rotatable bonds is 8. The molecule has 0 saturated heterocycles. The standard InChI is InChI=1S/C22H31N5O3/c1-27(2)20-9-10-23-22(26-20)25-17-7-5-16(6-8-17)24-21(28)13-15-11-18(29-3)14-19(12-15)30-4/h9-12,14,16-17H,5-8,13H2,1-4H3,(H,24,28)(H,23,25,26)/t16-,17+. The molecule has 0 bridgehead atoms. The molecule has 1 fully saturated rings. The van der Waals surface area contributed by atoms with Gasteiger partial charge >= 0.3 is 0 Å². The monoisotopic (exact) mass is 413 g/mol. The van der Waals surface area contributed by atoms with Crippen LogP contribution in [0.25, 0.3) is 0 Å². The third kappa shape index (κ3) is 5.98. The molecule has 0 atom stereocenters. The maximum absolute atomic E-state index is 12.5. The average Bonchev–Trinajstić information content (AvgIpc) is 2.75. The summed E-state index contributed by atoms with van der Waals surface area (Å²) in [7, 11) is 7.13. The first-order valence-electron chi connectivity index (χ1n) is 10.2. The number of carbonyl (C=O) groups is 1. The number of nitrogens with one attached hydrogen (secondary N) is 2. The van der Waals surface area contributed by atoms with E-state index in [2.05, 4.69) is 20.6 Å². The van der Waals surface area contributed by atoms with E-state index in [1.165, 1.54) is 0 Å². The van der Waals surface area contributed by atoms with Gasteiger partial charge in [0.05, 0.1) is 20.6 Å². The molecule has 1 aromatic carbocycles. The molecule has 8 nitrogen and oxygen atoms in total. The van der Waals surface area contributed by atoms with E-state index in [1.807, 2.05) is 37.2 Å². The SMILES string of the molecule is COc1cc(CC(=O)N[C@H]2CC[C@@H](Nc3nccc(N(C)C)n3)CC2)cc(OC)c1. The van der Waals surface area contributed by atoms with Crippen molar-refractivity contribution in [2.75, 3.05) is 38.5 Å². The maximum atomic E-state index is 12.5. The van der Waals surface area contributed by atoms with E-state index in [9.17, 15) is 4.79 Å². The Hall–Kier alpha value is -3.03. The van der Waals surface area contributed by atoms with Crippen LogP contribution in [0.15, 0.2) is 30.5 Å². The van der Waals surface area contributed by atoms with Gasteiger partial charge in [0.25, 0.3) is 0 Å². The maximum Gasteiger partial charge on any atom is 0.224 e. The van der Waals surface area contributed by atoms with E-state index in [0.29, 0.717) is 29.9 Å². The molecular formula is C22H31N5O3. The van der Waals surface area contributed by atoms with Gasteiger partial charge in [-0.15, -0.1) is 0 Å². The minimum Gasteiger partial charge on any atom is -0.497 e. The molecular weight excluding hydrogens is 382 g/mol. The van der Waals surface area contributed by atoms with E-state index in [0.717, 1.165) is 37.1 Å². The van der Waals surface area contributed by atoms with Crippen LogP contribution < -0.4 is 25.0 Å². The summed E-state index contributed by atoms with van der Waals surface area (Å²) < 4.78 is 10.6. The van der Waals surface area contributed by atoms with Crippen LogP contribution in [0.5, 0.6) is 11.5 Å². The van der Waals surface area contributed by atoms with Gasteiger partial charge in [-0.2, -0.15) is 4.98 Å². The summed E-state index contributed by atoms with van der Waals surface area (Å²) in [5.41, 5.74) is 0.872. The summed E-state index contributed by atoms with van der Waals surface area (Å²) in [6, 6.07) is 7.92. The number of anilines is 2. The Labute approximate surface area is 178 Å². The molecule has 0 unspecified atom stereocenters. The normalized spacial score (nSPS) is 18.4. The first kappa shape index (κ1) is 21.7. The molecule has 8 heteroatoms. The number of carbonyl (C=O) groups excluding carboxylic acids is 1. The molecule has 2 aromatic rings. The molecule has 0 aliphatic heterocycles. The molecule has 1 heterocycles. The molecule has 1 saturated carbocycles. The van der Waals surface area contributed by atoms with Crippen molar-refractivity contribution < 1.29 is 14.3 Å². The molecule has 1 aliphatic carbocycles. The molecule has 162 valence electrons. The van der Waals surface area contributed by atoms with Gasteiger partial charge in [-0.3, -0.25) is 4.79 Å². The third-order valence-corrected chi connectivity index (χ3v) is 5.30. The number of hydrogen-bond donors (Lipinski definition) is 2. The first-order valence-corrected chi connectivity index (χ1v) is 10.2. The van der Waals surface area contributed by atoms with Gasteiger partial charge < -0.3 is 25.0 Å². The highest BCUT2D eigenvalue weighted by Crippen LogP contribution is 2.24. The average molecular weight is 414 g/mol. The fourth-order valence-electron chi connectivity index (χ4n) is 3.66. The topological polar surface area (TPSA) is 88.6 Å². The van der Waals surface area contributed by atoms with Crippen LogP contribution in [0.3, 0.4) is 0 Å². The highest BCUT2D eigenvalue weighted by molar-refractivity contribution is 5.79. The van der Waals surface area contributed by atoms with E-state index in [4.69, 9.17) is 9.47 Å². The summed E-state index contributed by atoms with van der Waals surface area (Å²) in [4.78, 5) is 23.3. The van der Waals surface area contributed by atoms with Crippen LogP contribution >= 0.6 is 0 Å². The molecule has 0 spiro atoms. The highest BCUT2D eigenvalue weighted by atomic mass is 16.5. The Balaban J connectivity index is 1.47. The molecule has 2 N–H and O–H groups in total. The zero-order valence-electron chi connectivity index (χ0n) is 18.1. The summed E-state index contributed by atoms with van der Waals surface area (Å²) in [6.07, 6.45) is 5.86. The number of ether oxygens (including phenoxy) is 2. The second-order valence-corrected chi connectivity index (χ2v) is 7.79. The molecule has 1 aromatic heterocycles. The van der Waals surface area contributed by atoms with Crippen molar-refractivity contribution in [2.24, 2.45) is 0 Å². The van der Waals surface area contributed by atoms with Crippen LogP contribution in [-0.4, -0.2) is 56.3 Å². The Bertz CT molecular complexity index is 828. The molecule has 0 radical (unpaired) electrons. The van der Waals surface area contributed by atoms with E-state index < -0.39 is 0 Å². The Morgan fingerprint density at radius 3 is 2.30 bits per heavy atom. The Kier molecular flexibility index (Phi) is 7.32. The Morgan fingerprint density at radius 1 is 1.07 bits per heavy atom. The van der Waals surface area contributed by atoms with Gasteiger partial charge in [0.15, 0.2) is 0 Å². The van der Waals surface area contributed by atoms with Gasteiger partial charge in [-0.05, 0) is 49.4 Å². The van der Waals surface area contributed by atoms with Crippen molar-refractivity contribution in [2.45, 2.75) is 44.2 Å². The molecule has 3 rings (SSSR count). The molecule has 1 amide bonds. The van der Waals surface area contributed by atoms with Crippen molar-refractivity contribution in [3.8, 4) is 11.5 Å². The van der Waals surface area contributed by atoms with Gasteiger partial charge in [0, 0.05) is 38.4 Å². The lowest BCUT2D eigenvalue weighted by Gasteiger charge is -2.29. The smallest absolute Gasteiger partial charge is 0.224 e. The summed E-state index contributed by atoms with van der Waals surface area (Å²) in [6.45, 7) is 0. The number of benzene rings is 1. The van der Waals surface area contributed by atoms with E-state index in [-0.39, 0.29) is 11.9 Å². The lowest BCUT2D eigenvalue weighted by Crippen LogP contribution is -2.40. The predicted octanol–water partition coefficient (Wildman–Crippen LogP) is 2.64. The summed E-state index contributed by atoms with van der Waals surface area (Å²) >= 11 is 0. The van der Waals surface area contributed by atoms with Crippen LogP contribution in [0.2, 0.25) is 0 Å². The zero-order valence-corrected chi connectivity index (χ0v) is 18.1. The second-order valence-electron chi connectivity index (χ2n) is 7.79. The fraction of sp³-hybridized carbons (Fsp3) is 0.500. The minimum atomic E-state index is 0.0173. The van der Waals surface area contributed by atoms with Gasteiger partial charge in [-0.25, -0.2) is 4.98 Å². The van der Waals surface area contributed by atoms with Gasteiger partial charge in [0.1, 0.15) is 17.3 Å².